The Hall–Kier alpha value is -1.56. The molecule has 0 aliphatic carbocycles. The van der Waals surface area contributed by atoms with Crippen molar-refractivity contribution in [3.63, 3.8) is 0 Å². The fourth-order valence-electron chi connectivity index (χ4n) is 2.36. The zero-order valence-corrected chi connectivity index (χ0v) is 14.6. The molecule has 0 bridgehead atoms. The van der Waals surface area contributed by atoms with Crippen LogP contribution in [-0.4, -0.2) is 43.0 Å². The van der Waals surface area contributed by atoms with Gasteiger partial charge in [0, 0.05) is 23.4 Å². The van der Waals surface area contributed by atoms with Crippen LogP contribution in [-0.2, 0) is 0 Å². The maximum absolute atomic E-state index is 12.5. The quantitative estimate of drug-likeness (QED) is 0.927. The first-order valence-corrected chi connectivity index (χ1v) is 8.33. The summed E-state index contributed by atoms with van der Waals surface area (Å²) in [5.41, 5.74) is 0.710. The van der Waals surface area contributed by atoms with Crippen molar-refractivity contribution in [2.45, 2.75) is 31.7 Å². The molecule has 5 nitrogen and oxygen atoms in total. The van der Waals surface area contributed by atoms with Crippen molar-refractivity contribution in [3.8, 4) is 11.5 Å². The molecule has 0 aromatic heterocycles. The van der Waals surface area contributed by atoms with Crippen molar-refractivity contribution < 1.29 is 14.3 Å². The van der Waals surface area contributed by atoms with Gasteiger partial charge in [-0.25, -0.2) is 4.79 Å². The molecule has 0 radical (unpaired) electrons. The third kappa shape index (κ3) is 3.80. The van der Waals surface area contributed by atoms with Gasteiger partial charge in [-0.05, 0) is 39.0 Å². The summed E-state index contributed by atoms with van der Waals surface area (Å²) in [7, 11) is 3.28. The Bertz CT molecular complexity index is 543. The normalized spacial score (nSPS) is 18.2. The molecular weight excluding hydrogens is 300 g/mol. The van der Waals surface area contributed by atoms with Crippen LogP contribution in [0.4, 0.5) is 4.79 Å². The lowest BCUT2D eigenvalue weighted by atomic mass is 10.1. The summed E-state index contributed by atoms with van der Waals surface area (Å²) in [5.74, 6) is 2.44. The maximum Gasteiger partial charge on any atom is 0.319 e. The lowest BCUT2D eigenvalue weighted by molar-refractivity contribution is 0.190. The van der Waals surface area contributed by atoms with Gasteiger partial charge in [-0.2, -0.15) is 0 Å². The molecule has 2 amide bonds. The number of benzene rings is 1. The summed E-state index contributed by atoms with van der Waals surface area (Å²) in [6, 6.07) is 5.64. The van der Waals surface area contributed by atoms with Gasteiger partial charge in [-0.3, -0.25) is 0 Å². The number of thioether (sulfide) groups is 1. The molecule has 1 saturated heterocycles. The van der Waals surface area contributed by atoms with Crippen LogP contribution in [0.3, 0.4) is 0 Å². The molecule has 0 saturated carbocycles. The van der Waals surface area contributed by atoms with Gasteiger partial charge in [0.15, 0.2) is 0 Å². The lowest BCUT2D eigenvalue weighted by Crippen LogP contribution is -2.48. The molecule has 1 unspecified atom stereocenters. The van der Waals surface area contributed by atoms with Gasteiger partial charge in [0.05, 0.1) is 14.2 Å². The van der Waals surface area contributed by atoms with Crippen molar-refractivity contribution in [1.29, 1.82) is 0 Å². The highest BCUT2D eigenvalue weighted by atomic mass is 32.2. The van der Waals surface area contributed by atoms with E-state index in [1.165, 1.54) is 0 Å². The minimum absolute atomic E-state index is 0.0487. The molecule has 1 fully saturated rings. The summed E-state index contributed by atoms with van der Waals surface area (Å²) < 4.78 is 10.8. The Morgan fingerprint density at radius 3 is 2.64 bits per heavy atom. The Balaban J connectivity index is 2.28. The van der Waals surface area contributed by atoms with Crippen molar-refractivity contribution in [2.24, 2.45) is 0 Å². The molecule has 1 aliphatic rings. The number of carbonyl (C=O) groups is 1. The maximum atomic E-state index is 12.5. The predicted octanol–water partition coefficient (Wildman–Crippen LogP) is 3.26. The summed E-state index contributed by atoms with van der Waals surface area (Å²) >= 11 is 1.74. The van der Waals surface area contributed by atoms with Crippen LogP contribution >= 0.6 is 11.8 Å². The fourth-order valence-corrected chi connectivity index (χ4v) is 3.63. The van der Waals surface area contributed by atoms with Crippen LogP contribution < -0.4 is 14.8 Å². The first-order valence-electron chi connectivity index (χ1n) is 7.28. The van der Waals surface area contributed by atoms with E-state index in [2.05, 4.69) is 5.32 Å². The van der Waals surface area contributed by atoms with Crippen LogP contribution in [0, 0.1) is 0 Å². The third-order valence-corrected chi connectivity index (χ3v) is 4.58. The van der Waals surface area contributed by atoms with Crippen molar-refractivity contribution >= 4 is 17.8 Å². The summed E-state index contributed by atoms with van der Waals surface area (Å²) in [4.78, 5) is 14.4. The van der Waals surface area contributed by atoms with Crippen LogP contribution in [0.1, 0.15) is 31.7 Å². The summed E-state index contributed by atoms with van der Waals surface area (Å²) in [6.07, 6.45) is 0. The van der Waals surface area contributed by atoms with E-state index in [-0.39, 0.29) is 16.9 Å². The zero-order chi connectivity index (χ0) is 16.3. The SMILES string of the molecule is COc1ccc(OC)c(C2SCCN2C(=O)NC(C)(C)C)c1. The Labute approximate surface area is 136 Å². The highest BCUT2D eigenvalue weighted by Gasteiger charge is 2.34. The number of hydrogen-bond donors (Lipinski definition) is 1. The van der Waals surface area contributed by atoms with E-state index in [0.717, 1.165) is 29.4 Å². The molecule has 6 heteroatoms. The predicted molar refractivity (Wildman–Crippen MR) is 89.7 cm³/mol. The van der Waals surface area contributed by atoms with E-state index in [1.54, 1.807) is 26.0 Å². The number of rotatable bonds is 3. The molecule has 1 aromatic carbocycles. The number of ether oxygens (including phenoxy) is 2. The number of urea groups is 1. The first kappa shape index (κ1) is 16.8. The Morgan fingerprint density at radius 2 is 2.05 bits per heavy atom. The molecule has 22 heavy (non-hydrogen) atoms. The van der Waals surface area contributed by atoms with Gasteiger partial charge in [0.25, 0.3) is 0 Å². The highest BCUT2D eigenvalue weighted by Crippen LogP contribution is 2.43. The number of nitrogens with zero attached hydrogens (tertiary/aromatic N) is 1. The number of nitrogens with one attached hydrogen (secondary N) is 1. The Morgan fingerprint density at radius 1 is 1.32 bits per heavy atom. The van der Waals surface area contributed by atoms with Gasteiger partial charge >= 0.3 is 6.03 Å². The molecular formula is C16H24N2O3S. The number of carbonyl (C=O) groups excluding carboxylic acids is 1. The standard InChI is InChI=1S/C16H24N2O3S/c1-16(2,3)17-15(19)18-8-9-22-14(18)12-10-11(20-4)6-7-13(12)21-5/h6-7,10,14H,8-9H2,1-5H3,(H,17,19). The van der Waals surface area contributed by atoms with E-state index < -0.39 is 0 Å². The third-order valence-electron chi connectivity index (χ3n) is 3.34. The van der Waals surface area contributed by atoms with E-state index in [1.807, 2.05) is 43.9 Å². The Kier molecular flexibility index (Phi) is 5.11. The number of methoxy groups -OCH3 is 2. The number of hydrogen-bond acceptors (Lipinski definition) is 4. The second kappa shape index (κ2) is 6.69. The van der Waals surface area contributed by atoms with E-state index in [0.29, 0.717) is 0 Å². The average Bonchev–Trinajstić information content (AvgIpc) is 2.94. The molecule has 122 valence electrons. The fraction of sp³-hybridized carbons (Fsp3) is 0.562. The second-order valence-corrected chi connectivity index (χ2v) is 7.39. The smallest absolute Gasteiger partial charge is 0.319 e. The average molecular weight is 324 g/mol. The molecule has 0 spiro atoms. The van der Waals surface area contributed by atoms with E-state index in [9.17, 15) is 4.79 Å². The topological polar surface area (TPSA) is 50.8 Å². The van der Waals surface area contributed by atoms with Gasteiger partial charge in [-0.1, -0.05) is 0 Å². The van der Waals surface area contributed by atoms with E-state index in [4.69, 9.17) is 9.47 Å². The monoisotopic (exact) mass is 324 g/mol. The van der Waals surface area contributed by atoms with Gasteiger partial charge in [0.2, 0.25) is 0 Å². The van der Waals surface area contributed by atoms with Gasteiger partial charge in [0.1, 0.15) is 16.9 Å². The second-order valence-electron chi connectivity index (χ2n) is 6.20. The van der Waals surface area contributed by atoms with Crippen molar-refractivity contribution in [3.05, 3.63) is 23.8 Å². The largest absolute Gasteiger partial charge is 0.497 e. The van der Waals surface area contributed by atoms with Gasteiger partial charge < -0.3 is 19.7 Å². The summed E-state index contributed by atoms with van der Waals surface area (Å²) in [5, 5.41) is 2.97. The molecule has 1 aromatic rings. The number of amides is 2. The minimum atomic E-state index is -0.257. The lowest BCUT2D eigenvalue weighted by Gasteiger charge is -2.30. The minimum Gasteiger partial charge on any atom is -0.497 e. The van der Waals surface area contributed by atoms with Crippen molar-refractivity contribution in [2.75, 3.05) is 26.5 Å². The van der Waals surface area contributed by atoms with Crippen LogP contribution in [0.25, 0.3) is 0 Å². The molecule has 1 atom stereocenters. The summed E-state index contributed by atoms with van der Waals surface area (Å²) in [6.45, 7) is 6.66. The first-order chi connectivity index (χ1) is 10.4. The molecule has 1 N–H and O–H groups in total. The van der Waals surface area contributed by atoms with Crippen LogP contribution in [0.5, 0.6) is 11.5 Å². The molecule has 1 heterocycles. The van der Waals surface area contributed by atoms with Gasteiger partial charge in [-0.15, -0.1) is 11.8 Å². The molecule has 1 aliphatic heterocycles. The van der Waals surface area contributed by atoms with E-state index >= 15 is 0 Å². The molecule has 2 rings (SSSR count). The van der Waals surface area contributed by atoms with Crippen LogP contribution in [0.2, 0.25) is 0 Å². The van der Waals surface area contributed by atoms with Crippen LogP contribution in [0.15, 0.2) is 18.2 Å². The zero-order valence-electron chi connectivity index (χ0n) is 13.8. The highest BCUT2D eigenvalue weighted by molar-refractivity contribution is 7.99. The van der Waals surface area contributed by atoms with Crippen molar-refractivity contribution in [1.82, 2.24) is 10.2 Å².